The van der Waals surface area contributed by atoms with E-state index in [1.165, 1.54) is 5.56 Å². The van der Waals surface area contributed by atoms with Crippen molar-refractivity contribution < 1.29 is 0 Å². The van der Waals surface area contributed by atoms with Crippen LogP contribution in [0, 0.1) is 6.92 Å². The second-order valence-electron chi connectivity index (χ2n) is 3.68. The maximum Gasteiger partial charge on any atom is 0.252 e. The van der Waals surface area contributed by atoms with E-state index in [0.29, 0.717) is 0 Å². The quantitative estimate of drug-likeness (QED) is 0.823. The molecule has 0 radical (unpaired) electrons. The Morgan fingerprint density at radius 2 is 1.94 bits per heavy atom. The predicted molar refractivity (Wildman–Crippen MR) is 65.6 cm³/mol. The molecule has 1 heterocycles. The Bertz CT molecular complexity index is 517. The average molecular weight is 214 g/mol. The zero-order chi connectivity index (χ0) is 11.4. The first-order chi connectivity index (χ1) is 7.77. The Morgan fingerprint density at radius 1 is 1.19 bits per heavy atom. The van der Waals surface area contributed by atoms with E-state index in [1.807, 2.05) is 31.2 Å². The molecule has 0 spiro atoms. The normalized spacial score (nSPS) is 10.1. The molecule has 0 amide bonds. The minimum Gasteiger partial charge on any atom is -0.381 e. The minimum atomic E-state index is -0.0435. The van der Waals surface area contributed by atoms with Gasteiger partial charge in [-0.1, -0.05) is 30.3 Å². The van der Waals surface area contributed by atoms with Gasteiger partial charge < -0.3 is 10.3 Å². The molecule has 0 aliphatic carbocycles. The molecule has 0 fully saturated rings. The van der Waals surface area contributed by atoms with Gasteiger partial charge in [0.1, 0.15) is 0 Å². The second kappa shape index (κ2) is 4.66. The van der Waals surface area contributed by atoms with E-state index >= 15 is 0 Å². The Balaban J connectivity index is 2.11. The molecule has 3 nitrogen and oxygen atoms in total. The number of rotatable bonds is 3. The smallest absolute Gasteiger partial charge is 0.252 e. The van der Waals surface area contributed by atoms with Crippen LogP contribution in [-0.2, 0) is 6.54 Å². The summed E-state index contributed by atoms with van der Waals surface area (Å²) in [5.74, 6) is 0. The summed E-state index contributed by atoms with van der Waals surface area (Å²) in [6.07, 6.45) is 1.66. The number of pyridine rings is 1. The molecular weight excluding hydrogens is 200 g/mol. The molecule has 0 aliphatic heterocycles. The standard InChI is InChI=1S/C13H14N2O/c1-10-12(7-8-14-13(10)16)15-9-11-5-3-2-4-6-11/h2-8H,9H2,1H3,(H2,14,15,16). The van der Waals surface area contributed by atoms with E-state index in [0.717, 1.165) is 17.8 Å². The molecule has 2 N–H and O–H groups in total. The zero-order valence-electron chi connectivity index (χ0n) is 9.16. The summed E-state index contributed by atoms with van der Waals surface area (Å²) < 4.78 is 0. The Hall–Kier alpha value is -2.03. The summed E-state index contributed by atoms with van der Waals surface area (Å²) in [6.45, 7) is 2.54. The highest BCUT2D eigenvalue weighted by atomic mass is 16.1. The van der Waals surface area contributed by atoms with Crippen molar-refractivity contribution in [2.45, 2.75) is 13.5 Å². The topological polar surface area (TPSA) is 44.9 Å². The molecule has 3 heteroatoms. The van der Waals surface area contributed by atoms with Crippen molar-refractivity contribution in [2.75, 3.05) is 5.32 Å². The van der Waals surface area contributed by atoms with E-state index < -0.39 is 0 Å². The van der Waals surface area contributed by atoms with Crippen molar-refractivity contribution >= 4 is 5.69 Å². The third-order valence-corrected chi connectivity index (χ3v) is 2.53. The lowest BCUT2D eigenvalue weighted by Crippen LogP contribution is -2.12. The minimum absolute atomic E-state index is 0.0435. The monoisotopic (exact) mass is 214 g/mol. The van der Waals surface area contributed by atoms with Gasteiger partial charge in [-0.2, -0.15) is 0 Å². The van der Waals surface area contributed by atoms with Crippen LogP contribution in [0.2, 0.25) is 0 Å². The highest BCUT2D eigenvalue weighted by Crippen LogP contribution is 2.10. The van der Waals surface area contributed by atoms with Crippen molar-refractivity contribution in [1.82, 2.24) is 4.98 Å². The lowest BCUT2D eigenvalue weighted by molar-refractivity contribution is 1.11. The summed E-state index contributed by atoms with van der Waals surface area (Å²) in [5, 5.41) is 3.25. The van der Waals surface area contributed by atoms with Crippen LogP contribution in [0.5, 0.6) is 0 Å². The molecule has 1 aromatic heterocycles. The number of benzene rings is 1. The third-order valence-electron chi connectivity index (χ3n) is 2.53. The molecule has 2 aromatic rings. The number of anilines is 1. The number of H-pyrrole nitrogens is 1. The SMILES string of the molecule is Cc1c(NCc2ccccc2)cc[nH]c1=O. The fraction of sp³-hybridized carbons (Fsp3) is 0.154. The van der Waals surface area contributed by atoms with Gasteiger partial charge in [0.05, 0.1) is 0 Å². The number of nitrogens with one attached hydrogen (secondary N) is 2. The number of aromatic nitrogens is 1. The van der Waals surface area contributed by atoms with Gasteiger partial charge in [-0.15, -0.1) is 0 Å². The molecule has 0 aliphatic rings. The lowest BCUT2D eigenvalue weighted by Gasteiger charge is -2.08. The van der Waals surface area contributed by atoms with Crippen LogP contribution in [0.1, 0.15) is 11.1 Å². The molecule has 0 saturated carbocycles. The van der Waals surface area contributed by atoms with E-state index in [1.54, 1.807) is 6.20 Å². The van der Waals surface area contributed by atoms with Crippen molar-refractivity contribution in [3.63, 3.8) is 0 Å². The van der Waals surface area contributed by atoms with Gasteiger partial charge in [0.15, 0.2) is 0 Å². The van der Waals surface area contributed by atoms with Crippen molar-refractivity contribution in [3.05, 3.63) is 64.1 Å². The summed E-state index contributed by atoms with van der Waals surface area (Å²) in [6, 6.07) is 12.0. The highest BCUT2D eigenvalue weighted by molar-refractivity contribution is 5.48. The Kier molecular flexibility index (Phi) is 3.05. The summed E-state index contributed by atoms with van der Waals surface area (Å²) in [5.41, 5.74) is 2.76. The summed E-state index contributed by atoms with van der Waals surface area (Å²) >= 11 is 0. The molecule has 1 aromatic carbocycles. The predicted octanol–water partition coefficient (Wildman–Crippen LogP) is 2.30. The summed E-state index contributed by atoms with van der Waals surface area (Å²) in [7, 11) is 0. The maximum absolute atomic E-state index is 11.4. The molecular formula is C13H14N2O. The first kappa shape index (κ1) is 10.5. The van der Waals surface area contributed by atoms with Crippen LogP contribution in [0.15, 0.2) is 47.4 Å². The maximum atomic E-state index is 11.4. The largest absolute Gasteiger partial charge is 0.381 e. The Labute approximate surface area is 94.1 Å². The lowest BCUT2D eigenvalue weighted by atomic mass is 10.2. The van der Waals surface area contributed by atoms with Crippen LogP contribution in [0.25, 0.3) is 0 Å². The molecule has 0 saturated heterocycles. The van der Waals surface area contributed by atoms with Gasteiger partial charge >= 0.3 is 0 Å². The number of hydrogen-bond donors (Lipinski definition) is 2. The van der Waals surface area contributed by atoms with Gasteiger partial charge in [0.25, 0.3) is 5.56 Å². The van der Waals surface area contributed by atoms with Crippen LogP contribution in [0.3, 0.4) is 0 Å². The molecule has 0 bridgehead atoms. The van der Waals surface area contributed by atoms with E-state index in [9.17, 15) is 4.79 Å². The van der Waals surface area contributed by atoms with Gasteiger partial charge in [0, 0.05) is 24.0 Å². The molecule has 0 unspecified atom stereocenters. The number of aromatic amines is 1. The molecule has 16 heavy (non-hydrogen) atoms. The molecule has 82 valence electrons. The first-order valence-corrected chi connectivity index (χ1v) is 5.23. The van der Waals surface area contributed by atoms with Gasteiger partial charge in [-0.05, 0) is 18.6 Å². The zero-order valence-corrected chi connectivity index (χ0v) is 9.16. The first-order valence-electron chi connectivity index (χ1n) is 5.23. The van der Waals surface area contributed by atoms with Crippen LogP contribution >= 0.6 is 0 Å². The average Bonchev–Trinajstić information content (AvgIpc) is 2.32. The Morgan fingerprint density at radius 3 is 2.69 bits per heavy atom. The molecule has 2 rings (SSSR count). The third kappa shape index (κ3) is 2.31. The van der Waals surface area contributed by atoms with Crippen molar-refractivity contribution in [1.29, 1.82) is 0 Å². The van der Waals surface area contributed by atoms with Crippen LogP contribution in [-0.4, -0.2) is 4.98 Å². The van der Waals surface area contributed by atoms with Crippen LogP contribution in [0.4, 0.5) is 5.69 Å². The van der Waals surface area contributed by atoms with E-state index in [-0.39, 0.29) is 5.56 Å². The highest BCUT2D eigenvalue weighted by Gasteiger charge is 2.00. The second-order valence-corrected chi connectivity index (χ2v) is 3.68. The van der Waals surface area contributed by atoms with E-state index in [2.05, 4.69) is 22.4 Å². The van der Waals surface area contributed by atoms with Gasteiger partial charge in [-0.3, -0.25) is 4.79 Å². The molecule has 0 atom stereocenters. The summed E-state index contributed by atoms with van der Waals surface area (Å²) in [4.78, 5) is 14.0. The van der Waals surface area contributed by atoms with Crippen molar-refractivity contribution in [2.24, 2.45) is 0 Å². The fourth-order valence-corrected chi connectivity index (χ4v) is 1.54. The number of hydrogen-bond acceptors (Lipinski definition) is 2. The van der Waals surface area contributed by atoms with Gasteiger partial charge in [0.2, 0.25) is 0 Å². The van der Waals surface area contributed by atoms with Crippen molar-refractivity contribution in [3.8, 4) is 0 Å². The fourth-order valence-electron chi connectivity index (χ4n) is 1.54. The van der Waals surface area contributed by atoms with Gasteiger partial charge in [-0.25, -0.2) is 0 Å². The van der Waals surface area contributed by atoms with E-state index in [4.69, 9.17) is 0 Å². The van der Waals surface area contributed by atoms with Crippen LogP contribution < -0.4 is 10.9 Å².